The molecule has 0 aromatic heterocycles. The van der Waals surface area contributed by atoms with Gasteiger partial charge in [0.05, 0.1) is 12.5 Å². The number of carboxylic acid groups (broad SMARTS) is 1. The van der Waals surface area contributed by atoms with Gasteiger partial charge in [0, 0.05) is 28.1 Å². The first kappa shape index (κ1) is 20.6. The number of nitrogens with two attached hydrogens (primary N) is 1. The molecule has 1 amide bonds. The standard InChI is InChI=1S/C17H23IN2O4/c1-17(2,3)15(23)10-5-6-12(18)11(7-10)9-20(4)16(24)13(19)8-14(21)22/h5-7,13H,8-9,19H2,1-4H3,(H,21,22)/t13-/m0/s1. The molecule has 0 radical (unpaired) electrons. The first-order chi connectivity index (χ1) is 10.9. The van der Waals surface area contributed by atoms with Crippen molar-refractivity contribution in [3.8, 4) is 0 Å². The number of amides is 1. The molecule has 132 valence electrons. The van der Waals surface area contributed by atoms with Gasteiger partial charge in [0.15, 0.2) is 5.78 Å². The molecule has 1 atom stereocenters. The number of hydrogen-bond donors (Lipinski definition) is 2. The molecular formula is C17H23IN2O4. The molecule has 0 heterocycles. The second kappa shape index (κ2) is 8.06. The number of likely N-dealkylation sites (N-methyl/N-ethyl adjacent to an activating group) is 1. The molecule has 0 unspecified atom stereocenters. The molecule has 0 aliphatic heterocycles. The van der Waals surface area contributed by atoms with Crippen molar-refractivity contribution in [2.24, 2.45) is 11.1 Å². The summed E-state index contributed by atoms with van der Waals surface area (Å²) in [6.45, 7) is 5.82. The lowest BCUT2D eigenvalue weighted by atomic mass is 9.86. The fraction of sp³-hybridized carbons (Fsp3) is 0.471. The Kier molecular flexibility index (Phi) is 6.91. The van der Waals surface area contributed by atoms with E-state index in [0.29, 0.717) is 5.56 Å². The zero-order valence-electron chi connectivity index (χ0n) is 14.3. The Bertz CT molecular complexity index is 652. The van der Waals surface area contributed by atoms with Gasteiger partial charge in [-0.15, -0.1) is 0 Å². The number of carbonyl (C=O) groups is 3. The maximum atomic E-state index is 12.4. The lowest BCUT2D eigenvalue weighted by Crippen LogP contribution is -2.42. The Labute approximate surface area is 155 Å². The number of carboxylic acids is 1. The summed E-state index contributed by atoms with van der Waals surface area (Å²) in [5.41, 5.74) is 6.54. The number of halogens is 1. The third-order valence-corrected chi connectivity index (χ3v) is 4.54. The number of rotatable bonds is 6. The highest BCUT2D eigenvalue weighted by molar-refractivity contribution is 14.1. The second-order valence-electron chi connectivity index (χ2n) is 6.78. The summed E-state index contributed by atoms with van der Waals surface area (Å²) >= 11 is 2.14. The minimum atomic E-state index is -1.11. The van der Waals surface area contributed by atoms with E-state index in [-0.39, 0.29) is 12.3 Å². The quantitative estimate of drug-likeness (QED) is 0.516. The SMILES string of the molecule is CN(Cc1cc(C(=O)C(C)(C)C)ccc1I)C(=O)[C@@H](N)CC(=O)O. The van der Waals surface area contributed by atoms with E-state index in [0.717, 1.165) is 9.13 Å². The van der Waals surface area contributed by atoms with Crippen LogP contribution in [-0.2, 0) is 16.1 Å². The molecule has 0 fully saturated rings. The molecule has 0 aliphatic carbocycles. The van der Waals surface area contributed by atoms with Crippen LogP contribution in [0.25, 0.3) is 0 Å². The lowest BCUT2D eigenvalue weighted by molar-refractivity contribution is -0.141. The van der Waals surface area contributed by atoms with Gasteiger partial charge in [0.1, 0.15) is 0 Å². The summed E-state index contributed by atoms with van der Waals surface area (Å²) in [5.74, 6) is -1.53. The zero-order chi connectivity index (χ0) is 18.7. The van der Waals surface area contributed by atoms with Crippen LogP contribution < -0.4 is 5.73 Å². The van der Waals surface area contributed by atoms with Crippen molar-refractivity contribution in [1.29, 1.82) is 0 Å². The lowest BCUT2D eigenvalue weighted by Gasteiger charge is -2.22. The van der Waals surface area contributed by atoms with Crippen LogP contribution in [0.3, 0.4) is 0 Å². The van der Waals surface area contributed by atoms with Crippen LogP contribution >= 0.6 is 22.6 Å². The second-order valence-corrected chi connectivity index (χ2v) is 7.95. The average Bonchev–Trinajstić information content (AvgIpc) is 2.46. The highest BCUT2D eigenvalue weighted by Crippen LogP contribution is 2.24. The highest BCUT2D eigenvalue weighted by Gasteiger charge is 2.25. The van der Waals surface area contributed by atoms with E-state index >= 15 is 0 Å². The predicted octanol–water partition coefficient (Wildman–Crippen LogP) is 2.28. The monoisotopic (exact) mass is 446 g/mol. The van der Waals surface area contributed by atoms with Gasteiger partial charge in [-0.3, -0.25) is 14.4 Å². The molecule has 3 N–H and O–H groups in total. The molecule has 6 nitrogen and oxygen atoms in total. The van der Waals surface area contributed by atoms with Gasteiger partial charge in [-0.05, 0) is 40.3 Å². The van der Waals surface area contributed by atoms with Crippen molar-refractivity contribution < 1.29 is 19.5 Å². The topological polar surface area (TPSA) is 101 Å². The van der Waals surface area contributed by atoms with Crippen LogP contribution in [0.2, 0.25) is 0 Å². The average molecular weight is 446 g/mol. The number of Topliss-reactive ketones (excluding diaryl/α,β-unsaturated/α-hetero) is 1. The Hall–Kier alpha value is -1.48. The molecule has 0 saturated heterocycles. The molecule has 0 saturated carbocycles. The molecule has 1 aromatic carbocycles. The maximum absolute atomic E-state index is 12.4. The van der Waals surface area contributed by atoms with Crippen LogP contribution in [0, 0.1) is 8.99 Å². The minimum Gasteiger partial charge on any atom is -0.481 e. The number of benzene rings is 1. The first-order valence-electron chi connectivity index (χ1n) is 7.49. The van der Waals surface area contributed by atoms with Crippen LogP contribution in [0.5, 0.6) is 0 Å². The van der Waals surface area contributed by atoms with Crippen LogP contribution in [-0.4, -0.2) is 40.8 Å². The number of hydrogen-bond acceptors (Lipinski definition) is 4. The summed E-state index contributed by atoms with van der Waals surface area (Å²) in [6, 6.07) is 4.31. The molecule has 1 rings (SSSR count). The molecule has 0 bridgehead atoms. The number of ketones is 1. The normalized spacial score (nSPS) is 12.6. The number of carbonyl (C=O) groups excluding carboxylic acids is 2. The Morgan fingerprint density at radius 3 is 2.38 bits per heavy atom. The van der Waals surface area contributed by atoms with Gasteiger partial charge in [0.25, 0.3) is 0 Å². The van der Waals surface area contributed by atoms with Crippen LogP contribution in [0.1, 0.15) is 43.1 Å². The molecule has 1 aromatic rings. The molecular weight excluding hydrogens is 423 g/mol. The third kappa shape index (κ3) is 5.55. The van der Waals surface area contributed by atoms with Gasteiger partial charge < -0.3 is 15.7 Å². The van der Waals surface area contributed by atoms with Crippen molar-refractivity contribution in [3.63, 3.8) is 0 Å². The summed E-state index contributed by atoms with van der Waals surface area (Å²) in [7, 11) is 1.57. The van der Waals surface area contributed by atoms with Crippen LogP contribution in [0.4, 0.5) is 0 Å². The maximum Gasteiger partial charge on any atom is 0.305 e. The molecule has 0 aliphatic rings. The number of nitrogens with zero attached hydrogens (tertiary/aromatic N) is 1. The van der Waals surface area contributed by atoms with Gasteiger partial charge in [0.2, 0.25) is 5.91 Å². The van der Waals surface area contributed by atoms with E-state index in [4.69, 9.17) is 10.8 Å². The Morgan fingerprint density at radius 2 is 1.88 bits per heavy atom. The van der Waals surface area contributed by atoms with E-state index in [1.54, 1.807) is 19.2 Å². The van der Waals surface area contributed by atoms with E-state index in [2.05, 4.69) is 22.6 Å². The van der Waals surface area contributed by atoms with Gasteiger partial charge in [-0.2, -0.15) is 0 Å². The first-order valence-corrected chi connectivity index (χ1v) is 8.57. The highest BCUT2D eigenvalue weighted by atomic mass is 127. The summed E-state index contributed by atoms with van der Waals surface area (Å²) < 4.78 is 0.921. The van der Waals surface area contributed by atoms with Crippen molar-refractivity contribution >= 4 is 40.3 Å². The van der Waals surface area contributed by atoms with Gasteiger partial charge in [-0.1, -0.05) is 26.8 Å². The fourth-order valence-corrected chi connectivity index (χ4v) is 2.67. The van der Waals surface area contributed by atoms with Crippen LogP contribution in [0.15, 0.2) is 18.2 Å². The van der Waals surface area contributed by atoms with E-state index in [9.17, 15) is 14.4 Å². The third-order valence-electron chi connectivity index (χ3n) is 3.48. The fourth-order valence-electron chi connectivity index (χ4n) is 2.16. The minimum absolute atomic E-state index is 0.0247. The Balaban J connectivity index is 2.96. The zero-order valence-corrected chi connectivity index (χ0v) is 16.5. The van der Waals surface area contributed by atoms with Crippen molar-refractivity contribution in [2.45, 2.75) is 39.8 Å². The summed E-state index contributed by atoms with van der Waals surface area (Å²) in [6.07, 6.45) is -0.414. The molecule has 0 spiro atoms. The summed E-state index contributed by atoms with van der Waals surface area (Å²) in [4.78, 5) is 36.6. The smallest absolute Gasteiger partial charge is 0.305 e. The summed E-state index contributed by atoms with van der Waals surface area (Å²) in [5, 5.41) is 8.73. The van der Waals surface area contributed by atoms with E-state index < -0.39 is 29.8 Å². The van der Waals surface area contributed by atoms with Crippen molar-refractivity contribution in [3.05, 3.63) is 32.9 Å². The van der Waals surface area contributed by atoms with E-state index in [1.807, 2.05) is 26.8 Å². The van der Waals surface area contributed by atoms with Crippen molar-refractivity contribution in [2.75, 3.05) is 7.05 Å². The van der Waals surface area contributed by atoms with Gasteiger partial charge >= 0.3 is 5.97 Å². The number of aliphatic carboxylic acids is 1. The Morgan fingerprint density at radius 1 is 1.29 bits per heavy atom. The molecule has 7 heteroatoms. The van der Waals surface area contributed by atoms with Crippen molar-refractivity contribution in [1.82, 2.24) is 4.90 Å². The largest absolute Gasteiger partial charge is 0.481 e. The molecule has 24 heavy (non-hydrogen) atoms. The van der Waals surface area contributed by atoms with E-state index in [1.165, 1.54) is 4.90 Å². The van der Waals surface area contributed by atoms with Gasteiger partial charge in [-0.25, -0.2) is 0 Å². The predicted molar refractivity (Wildman–Crippen MR) is 99.6 cm³/mol.